The minimum atomic E-state index is -0.402. The molecule has 1 heterocycles. The molecule has 1 saturated heterocycles. The van der Waals surface area contributed by atoms with Gasteiger partial charge >= 0.3 is 0 Å². The van der Waals surface area contributed by atoms with E-state index in [1.807, 2.05) is 9.80 Å². The lowest BCUT2D eigenvalue weighted by atomic mass is 10.1. The molecule has 1 amide bonds. The summed E-state index contributed by atoms with van der Waals surface area (Å²) >= 11 is 0. The van der Waals surface area contributed by atoms with E-state index in [2.05, 4.69) is 5.32 Å². The predicted octanol–water partition coefficient (Wildman–Crippen LogP) is 2.49. The molecule has 1 aliphatic rings. The average molecular weight is 371 g/mol. The number of halogens is 1. The van der Waals surface area contributed by atoms with Gasteiger partial charge in [-0.15, -0.1) is 0 Å². The summed E-state index contributed by atoms with van der Waals surface area (Å²) in [5.74, 6) is -0.551. The number of benzene rings is 2. The van der Waals surface area contributed by atoms with Crippen LogP contribution < -0.4 is 10.2 Å². The topological polar surface area (TPSA) is 72.9 Å². The summed E-state index contributed by atoms with van der Waals surface area (Å²) in [4.78, 5) is 27.4. The van der Waals surface area contributed by atoms with Gasteiger partial charge in [0.2, 0.25) is 5.91 Å². The van der Waals surface area contributed by atoms with E-state index in [4.69, 9.17) is 0 Å². The highest BCUT2D eigenvalue weighted by atomic mass is 19.1. The molecule has 0 saturated carbocycles. The van der Waals surface area contributed by atoms with Gasteiger partial charge in [-0.05, 0) is 49.4 Å². The first-order valence-electron chi connectivity index (χ1n) is 8.79. The SMILES string of the molecule is CC(=O)c1ccc(N2CCN(CC(=O)Nc3ccc(O)cc3)CC2)c(F)c1. The number of nitrogens with one attached hydrogen (secondary N) is 1. The van der Waals surface area contributed by atoms with Gasteiger partial charge in [0.25, 0.3) is 0 Å². The third kappa shape index (κ3) is 4.83. The van der Waals surface area contributed by atoms with Gasteiger partial charge in [0.15, 0.2) is 5.78 Å². The Balaban J connectivity index is 1.52. The zero-order chi connectivity index (χ0) is 19.4. The molecule has 0 aromatic heterocycles. The van der Waals surface area contributed by atoms with Crippen molar-refractivity contribution in [3.63, 3.8) is 0 Å². The van der Waals surface area contributed by atoms with Crippen molar-refractivity contribution in [1.29, 1.82) is 0 Å². The van der Waals surface area contributed by atoms with Crippen LogP contribution in [0, 0.1) is 5.82 Å². The maximum atomic E-state index is 14.3. The summed E-state index contributed by atoms with van der Waals surface area (Å²) in [6.07, 6.45) is 0. The van der Waals surface area contributed by atoms with Crippen molar-refractivity contribution in [3.05, 3.63) is 53.8 Å². The van der Waals surface area contributed by atoms with E-state index in [1.165, 1.54) is 25.1 Å². The molecule has 0 radical (unpaired) electrons. The number of anilines is 2. The number of piperazine rings is 1. The number of ketones is 1. The van der Waals surface area contributed by atoms with Crippen LogP contribution in [-0.4, -0.2) is 54.4 Å². The van der Waals surface area contributed by atoms with E-state index in [9.17, 15) is 19.1 Å². The average Bonchev–Trinajstić information content (AvgIpc) is 2.64. The number of nitrogens with zero attached hydrogens (tertiary/aromatic N) is 2. The second-order valence-corrected chi connectivity index (χ2v) is 6.58. The lowest BCUT2D eigenvalue weighted by Gasteiger charge is -2.35. The molecule has 0 unspecified atom stereocenters. The molecule has 3 rings (SSSR count). The van der Waals surface area contributed by atoms with Crippen molar-refractivity contribution in [2.24, 2.45) is 0 Å². The third-order valence-electron chi connectivity index (χ3n) is 4.59. The molecule has 0 spiro atoms. The second-order valence-electron chi connectivity index (χ2n) is 6.58. The number of phenols is 1. The van der Waals surface area contributed by atoms with Crippen LogP contribution in [0.4, 0.5) is 15.8 Å². The maximum absolute atomic E-state index is 14.3. The Labute approximate surface area is 157 Å². The van der Waals surface area contributed by atoms with E-state index >= 15 is 0 Å². The van der Waals surface area contributed by atoms with Gasteiger partial charge in [-0.3, -0.25) is 14.5 Å². The molecule has 2 aromatic rings. The number of phenolic OH excluding ortho intramolecular Hbond substituents is 1. The monoisotopic (exact) mass is 371 g/mol. The van der Waals surface area contributed by atoms with Crippen molar-refractivity contribution in [1.82, 2.24) is 4.90 Å². The second kappa shape index (κ2) is 8.18. The van der Waals surface area contributed by atoms with Crippen LogP contribution >= 0.6 is 0 Å². The largest absolute Gasteiger partial charge is 0.508 e. The van der Waals surface area contributed by atoms with Gasteiger partial charge in [-0.2, -0.15) is 0 Å². The molecule has 0 atom stereocenters. The van der Waals surface area contributed by atoms with Crippen molar-refractivity contribution in [2.75, 3.05) is 42.9 Å². The van der Waals surface area contributed by atoms with Gasteiger partial charge in [0.05, 0.1) is 12.2 Å². The molecule has 1 aliphatic heterocycles. The minimum absolute atomic E-state index is 0.133. The lowest BCUT2D eigenvalue weighted by molar-refractivity contribution is -0.117. The van der Waals surface area contributed by atoms with E-state index in [-0.39, 0.29) is 24.0 Å². The van der Waals surface area contributed by atoms with Crippen LogP contribution in [0.3, 0.4) is 0 Å². The van der Waals surface area contributed by atoms with Crippen LogP contribution in [0.15, 0.2) is 42.5 Å². The van der Waals surface area contributed by atoms with Crippen LogP contribution in [-0.2, 0) is 4.79 Å². The Morgan fingerprint density at radius 3 is 2.33 bits per heavy atom. The number of aromatic hydroxyl groups is 1. The Bertz CT molecular complexity index is 831. The van der Waals surface area contributed by atoms with E-state index in [1.54, 1.807) is 24.3 Å². The van der Waals surface area contributed by atoms with Crippen molar-refractivity contribution in [3.8, 4) is 5.75 Å². The van der Waals surface area contributed by atoms with Crippen LogP contribution in [0.5, 0.6) is 5.75 Å². The molecule has 6 nitrogen and oxygen atoms in total. The van der Waals surface area contributed by atoms with E-state index in [0.717, 1.165) is 0 Å². The summed E-state index contributed by atoms with van der Waals surface area (Å²) in [6.45, 7) is 4.14. The first kappa shape index (κ1) is 18.8. The normalized spacial score (nSPS) is 14.8. The fraction of sp³-hybridized carbons (Fsp3) is 0.300. The number of carbonyl (C=O) groups excluding carboxylic acids is 2. The van der Waals surface area contributed by atoms with Gasteiger partial charge < -0.3 is 15.3 Å². The van der Waals surface area contributed by atoms with E-state index < -0.39 is 5.82 Å². The molecule has 1 fully saturated rings. The molecule has 7 heteroatoms. The van der Waals surface area contributed by atoms with Crippen LogP contribution in [0.2, 0.25) is 0 Å². The standard InChI is InChI=1S/C20H22FN3O3/c1-14(25)15-2-7-19(18(21)12-15)24-10-8-23(9-11-24)13-20(27)22-16-3-5-17(26)6-4-16/h2-7,12,26H,8-11,13H2,1H3,(H,22,27). The highest BCUT2D eigenvalue weighted by molar-refractivity contribution is 5.94. The highest BCUT2D eigenvalue weighted by Crippen LogP contribution is 2.22. The van der Waals surface area contributed by atoms with Gasteiger partial charge in [-0.1, -0.05) is 0 Å². The molecular weight excluding hydrogens is 349 g/mol. The fourth-order valence-electron chi connectivity index (χ4n) is 3.08. The Morgan fingerprint density at radius 2 is 1.74 bits per heavy atom. The van der Waals surface area contributed by atoms with Crippen LogP contribution in [0.1, 0.15) is 17.3 Å². The van der Waals surface area contributed by atoms with Crippen molar-refractivity contribution >= 4 is 23.1 Å². The van der Waals surface area contributed by atoms with Gasteiger partial charge in [0, 0.05) is 37.4 Å². The molecule has 2 N–H and O–H groups in total. The quantitative estimate of drug-likeness (QED) is 0.624. The third-order valence-corrected chi connectivity index (χ3v) is 4.59. The minimum Gasteiger partial charge on any atom is -0.508 e. The predicted molar refractivity (Wildman–Crippen MR) is 102 cm³/mol. The van der Waals surface area contributed by atoms with Gasteiger partial charge in [0.1, 0.15) is 11.6 Å². The lowest BCUT2D eigenvalue weighted by Crippen LogP contribution is -2.48. The molecule has 27 heavy (non-hydrogen) atoms. The molecule has 142 valence electrons. The number of rotatable bonds is 5. The number of Topliss-reactive ketones (excluding diaryl/α,β-unsaturated/α-hetero) is 1. The summed E-state index contributed by atoms with van der Waals surface area (Å²) in [5.41, 5.74) is 1.47. The van der Waals surface area contributed by atoms with Crippen LogP contribution in [0.25, 0.3) is 0 Å². The van der Waals surface area contributed by atoms with E-state index in [0.29, 0.717) is 43.1 Å². The smallest absolute Gasteiger partial charge is 0.238 e. The summed E-state index contributed by atoms with van der Waals surface area (Å²) < 4.78 is 14.3. The summed E-state index contributed by atoms with van der Waals surface area (Å²) in [5, 5.41) is 12.1. The molecule has 0 bridgehead atoms. The highest BCUT2D eigenvalue weighted by Gasteiger charge is 2.21. The Morgan fingerprint density at radius 1 is 1.07 bits per heavy atom. The first-order valence-corrected chi connectivity index (χ1v) is 8.79. The zero-order valence-corrected chi connectivity index (χ0v) is 15.1. The fourth-order valence-corrected chi connectivity index (χ4v) is 3.08. The first-order chi connectivity index (χ1) is 12.9. The molecule has 0 aliphatic carbocycles. The number of hydrogen-bond acceptors (Lipinski definition) is 5. The Kier molecular flexibility index (Phi) is 5.71. The Hall–Kier alpha value is -2.93. The maximum Gasteiger partial charge on any atom is 0.238 e. The van der Waals surface area contributed by atoms with Gasteiger partial charge in [-0.25, -0.2) is 4.39 Å². The number of carbonyl (C=O) groups is 2. The number of hydrogen-bond donors (Lipinski definition) is 2. The molecule has 2 aromatic carbocycles. The molecular formula is C20H22FN3O3. The number of amides is 1. The zero-order valence-electron chi connectivity index (χ0n) is 15.1. The van der Waals surface area contributed by atoms with Crippen molar-refractivity contribution < 1.29 is 19.1 Å². The summed E-state index contributed by atoms with van der Waals surface area (Å²) in [6, 6.07) is 10.9. The van der Waals surface area contributed by atoms with Crippen molar-refractivity contribution in [2.45, 2.75) is 6.92 Å². The summed E-state index contributed by atoms with van der Waals surface area (Å²) in [7, 11) is 0.